The van der Waals surface area contributed by atoms with Gasteiger partial charge in [-0.05, 0) is 35.4 Å². The summed E-state index contributed by atoms with van der Waals surface area (Å²) < 4.78 is 52.4. The SMILES string of the molecule is OCC(NCc1ccc(F)c(Cl)c1)c1cc(F)c(F)c(F)c1. The summed E-state index contributed by atoms with van der Waals surface area (Å²) in [5.41, 5.74) is 0.681. The van der Waals surface area contributed by atoms with E-state index in [4.69, 9.17) is 11.6 Å². The molecule has 7 heteroatoms. The highest BCUT2D eigenvalue weighted by Gasteiger charge is 2.16. The Bertz CT molecular complexity index is 658. The van der Waals surface area contributed by atoms with Gasteiger partial charge in [0, 0.05) is 6.54 Å². The van der Waals surface area contributed by atoms with Gasteiger partial charge in [0.25, 0.3) is 0 Å². The van der Waals surface area contributed by atoms with Crippen LogP contribution in [0.4, 0.5) is 17.6 Å². The summed E-state index contributed by atoms with van der Waals surface area (Å²) in [4.78, 5) is 0. The molecule has 0 aliphatic heterocycles. The van der Waals surface area contributed by atoms with Crippen molar-refractivity contribution in [2.75, 3.05) is 6.61 Å². The van der Waals surface area contributed by atoms with Gasteiger partial charge in [0.1, 0.15) is 5.82 Å². The van der Waals surface area contributed by atoms with Gasteiger partial charge >= 0.3 is 0 Å². The van der Waals surface area contributed by atoms with E-state index in [-0.39, 0.29) is 17.1 Å². The van der Waals surface area contributed by atoms with Crippen LogP contribution < -0.4 is 5.32 Å². The Morgan fingerprint density at radius 1 is 1.00 bits per heavy atom. The van der Waals surface area contributed by atoms with E-state index >= 15 is 0 Å². The maximum atomic E-state index is 13.2. The average Bonchev–Trinajstić information content (AvgIpc) is 2.48. The van der Waals surface area contributed by atoms with Gasteiger partial charge in [-0.1, -0.05) is 17.7 Å². The first-order chi connectivity index (χ1) is 10.4. The van der Waals surface area contributed by atoms with E-state index in [0.717, 1.165) is 12.1 Å². The third-order valence-corrected chi connectivity index (χ3v) is 3.42. The number of halogens is 5. The Kier molecular flexibility index (Phi) is 5.39. The molecule has 0 amide bonds. The van der Waals surface area contributed by atoms with Crippen LogP contribution in [0.15, 0.2) is 30.3 Å². The van der Waals surface area contributed by atoms with Crippen LogP contribution in [0.1, 0.15) is 17.2 Å². The highest BCUT2D eigenvalue weighted by Crippen LogP contribution is 2.21. The van der Waals surface area contributed by atoms with E-state index in [9.17, 15) is 22.7 Å². The van der Waals surface area contributed by atoms with Gasteiger partial charge in [-0.3, -0.25) is 0 Å². The highest BCUT2D eigenvalue weighted by atomic mass is 35.5. The van der Waals surface area contributed by atoms with E-state index < -0.39 is 35.9 Å². The van der Waals surface area contributed by atoms with Crippen molar-refractivity contribution < 1.29 is 22.7 Å². The lowest BCUT2D eigenvalue weighted by Gasteiger charge is -2.17. The molecule has 1 unspecified atom stereocenters. The zero-order valence-corrected chi connectivity index (χ0v) is 12.0. The molecule has 0 heterocycles. The maximum absolute atomic E-state index is 13.2. The quantitative estimate of drug-likeness (QED) is 0.645. The normalized spacial score (nSPS) is 12.5. The first-order valence-corrected chi connectivity index (χ1v) is 6.72. The summed E-state index contributed by atoms with van der Waals surface area (Å²) in [6.07, 6.45) is 0. The lowest BCUT2D eigenvalue weighted by Crippen LogP contribution is -2.24. The molecule has 118 valence electrons. The molecule has 2 aromatic rings. The van der Waals surface area contributed by atoms with Crippen molar-refractivity contribution in [3.63, 3.8) is 0 Å². The predicted octanol–water partition coefficient (Wildman–Crippen LogP) is 3.72. The average molecular weight is 334 g/mol. The minimum absolute atomic E-state index is 0.0567. The Hall–Kier alpha value is -1.63. The molecule has 0 bridgehead atoms. The van der Waals surface area contributed by atoms with Crippen LogP contribution >= 0.6 is 11.6 Å². The standard InChI is InChI=1S/C15H12ClF4NO/c16-10-3-8(1-2-11(10)17)6-21-14(7-22)9-4-12(18)15(20)13(19)5-9/h1-5,14,21-22H,6-7H2. The summed E-state index contributed by atoms with van der Waals surface area (Å²) in [6, 6.07) is 4.87. The predicted molar refractivity (Wildman–Crippen MR) is 74.4 cm³/mol. The zero-order valence-electron chi connectivity index (χ0n) is 11.2. The van der Waals surface area contributed by atoms with Gasteiger partial charge in [0.15, 0.2) is 17.5 Å². The number of nitrogens with one attached hydrogen (secondary N) is 1. The summed E-state index contributed by atoms with van der Waals surface area (Å²) in [7, 11) is 0. The first-order valence-electron chi connectivity index (χ1n) is 6.35. The van der Waals surface area contributed by atoms with Crippen molar-refractivity contribution in [1.29, 1.82) is 0 Å². The summed E-state index contributed by atoms with van der Waals surface area (Å²) >= 11 is 5.65. The Morgan fingerprint density at radius 3 is 2.18 bits per heavy atom. The highest BCUT2D eigenvalue weighted by molar-refractivity contribution is 6.30. The molecular weight excluding hydrogens is 322 g/mol. The summed E-state index contributed by atoms with van der Waals surface area (Å²) in [5.74, 6) is -4.79. The van der Waals surface area contributed by atoms with Crippen molar-refractivity contribution in [3.05, 3.63) is 69.8 Å². The fourth-order valence-corrected chi connectivity index (χ4v) is 2.16. The molecule has 0 saturated carbocycles. The molecule has 22 heavy (non-hydrogen) atoms. The number of hydrogen-bond donors (Lipinski definition) is 2. The molecule has 2 aromatic carbocycles. The Balaban J connectivity index is 2.14. The molecule has 0 spiro atoms. The van der Waals surface area contributed by atoms with Crippen molar-refractivity contribution in [1.82, 2.24) is 5.32 Å². The number of rotatable bonds is 5. The fourth-order valence-electron chi connectivity index (χ4n) is 1.95. The molecule has 2 nitrogen and oxygen atoms in total. The molecular formula is C15H12ClF4NO. The van der Waals surface area contributed by atoms with E-state index in [1.165, 1.54) is 18.2 Å². The molecule has 2 rings (SSSR count). The largest absolute Gasteiger partial charge is 0.394 e. The molecule has 0 fully saturated rings. The molecule has 1 atom stereocenters. The van der Waals surface area contributed by atoms with Crippen LogP contribution in [0.5, 0.6) is 0 Å². The van der Waals surface area contributed by atoms with Crippen molar-refractivity contribution in [3.8, 4) is 0 Å². The van der Waals surface area contributed by atoms with Crippen LogP contribution in [0.3, 0.4) is 0 Å². The Morgan fingerprint density at radius 2 is 1.64 bits per heavy atom. The van der Waals surface area contributed by atoms with Crippen molar-refractivity contribution in [2.24, 2.45) is 0 Å². The third kappa shape index (κ3) is 3.76. The minimum Gasteiger partial charge on any atom is -0.394 e. The maximum Gasteiger partial charge on any atom is 0.194 e. The molecule has 0 aliphatic carbocycles. The first kappa shape index (κ1) is 16.7. The molecule has 0 aliphatic rings. The Labute approximate surface area is 129 Å². The number of hydrogen-bond acceptors (Lipinski definition) is 2. The van der Waals surface area contributed by atoms with Crippen LogP contribution in [0.25, 0.3) is 0 Å². The third-order valence-electron chi connectivity index (χ3n) is 3.13. The second-order valence-corrected chi connectivity index (χ2v) is 5.07. The van der Waals surface area contributed by atoms with Crippen LogP contribution in [0.2, 0.25) is 5.02 Å². The minimum atomic E-state index is -1.56. The zero-order chi connectivity index (χ0) is 16.3. The van der Waals surface area contributed by atoms with Crippen LogP contribution in [-0.2, 0) is 6.54 Å². The van der Waals surface area contributed by atoms with Crippen LogP contribution in [0, 0.1) is 23.3 Å². The lowest BCUT2D eigenvalue weighted by molar-refractivity contribution is 0.242. The molecule has 0 radical (unpaired) electrons. The van der Waals surface area contributed by atoms with E-state index in [1.54, 1.807) is 0 Å². The van der Waals surface area contributed by atoms with E-state index in [2.05, 4.69) is 5.32 Å². The second-order valence-electron chi connectivity index (χ2n) is 4.66. The van der Waals surface area contributed by atoms with Gasteiger partial charge in [0.05, 0.1) is 17.7 Å². The number of aliphatic hydroxyl groups excluding tert-OH is 1. The molecule has 0 saturated heterocycles. The summed E-state index contributed by atoms with van der Waals surface area (Å²) in [5, 5.41) is 12.1. The fraction of sp³-hybridized carbons (Fsp3) is 0.200. The van der Waals surface area contributed by atoms with Crippen molar-refractivity contribution >= 4 is 11.6 Å². The molecule has 0 aromatic heterocycles. The second kappa shape index (κ2) is 7.09. The van der Waals surface area contributed by atoms with Gasteiger partial charge in [-0.15, -0.1) is 0 Å². The van der Waals surface area contributed by atoms with E-state index in [0.29, 0.717) is 5.56 Å². The lowest BCUT2D eigenvalue weighted by atomic mass is 10.1. The number of benzene rings is 2. The smallest absolute Gasteiger partial charge is 0.194 e. The van der Waals surface area contributed by atoms with Gasteiger partial charge in [0.2, 0.25) is 0 Å². The van der Waals surface area contributed by atoms with Crippen molar-refractivity contribution in [2.45, 2.75) is 12.6 Å². The summed E-state index contributed by atoms with van der Waals surface area (Å²) in [6.45, 7) is -0.286. The van der Waals surface area contributed by atoms with Gasteiger partial charge < -0.3 is 10.4 Å². The van der Waals surface area contributed by atoms with Crippen LogP contribution in [-0.4, -0.2) is 11.7 Å². The number of aliphatic hydroxyl groups is 1. The monoisotopic (exact) mass is 333 g/mol. The van der Waals surface area contributed by atoms with Gasteiger partial charge in [-0.2, -0.15) is 0 Å². The topological polar surface area (TPSA) is 32.3 Å². The van der Waals surface area contributed by atoms with Gasteiger partial charge in [-0.25, -0.2) is 17.6 Å². The molecule has 2 N–H and O–H groups in total. The van der Waals surface area contributed by atoms with E-state index in [1.807, 2.05) is 0 Å².